The van der Waals surface area contributed by atoms with E-state index < -0.39 is 29.7 Å². The van der Waals surface area contributed by atoms with E-state index in [4.69, 9.17) is 14.2 Å². The topological polar surface area (TPSA) is 148 Å². The van der Waals surface area contributed by atoms with E-state index in [9.17, 15) is 19.2 Å². The number of aromatic nitrogens is 1. The Morgan fingerprint density at radius 2 is 1.69 bits per heavy atom. The second-order valence-corrected chi connectivity index (χ2v) is 14.1. The molecule has 2 heterocycles. The zero-order chi connectivity index (χ0) is 35.0. The Morgan fingerprint density at radius 3 is 2.37 bits per heavy atom. The fourth-order valence-electron chi connectivity index (χ4n) is 6.27. The van der Waals surface area contributed by atoms with Crippen LogP contribution in [0, 0.1) is 0 Å². The van der Waals surface area contributed by atoms with Gasteiger partial charge >= 0.3 is 18.3 Å². The molecule has 0 spiro atoms. The summed E-state index contributed by atoms with van der Waals surface area (Å²) < 4.78 is 15.9. The van der Waals surface area contributed by atoms with Crippen LogP contribution in [0.3, 0.4) is 0 Å². The smallest absolute Gasteiger partial charge is 0.409 e. The highest BCUT2D eigenvalue weighted by Crippen LogP contribution is 2.44. The zero-order valence-electron chi connectivity index (χ0n) is 28.5. The van der Waals surface area contributed by atoms with E-state index >= 15 is 0 Å². The molecule has 3 N–H and O–H groups in total. The summed E-state index contributed by atoms with van der Waals surface area (Å²) in [5.74, 6) is -0.510. The van der Waals surface area contributed by atoms with Gasteiger partial charge in [0.15, 0.2) is 5.13 Å². The van der Waals surface area contributed by atoms with Crippen molar-refractivity contribution in [2.45, 2.75) is 76.4 Å². The molecule has 2 aliphatic rings. The number of unbranched alkanes of at least 4 members (excludes halogenated alkanes) is 1. The minimum atomic E-state index is -0.908. The van der Waals surface area contributed by atoms with Crippen LogP contribution >= 0.6 is 11.3 Å². The van der Waals surface area contributed by atoms with Crippen molar-refractivity contribution in [2.24, 2.45) is 0 Å². The predicted molar refractivity (Wildman–Crippen MR) is 187 cm³/mol. The number of carbonyl (C=O) groups excluding carboxylic acids is 4. The molecule has 49 heavy (non-hydrogen) atoms. The van der Waals surface area contributed by atoms with Gasteiger partial charge in [-0.3, -0.25) is 4.79 Å². The van der Waals surface area contributed by atoms with Crippen LogP contribution in [0.25, 0.3) is 11.1 Å². The molecule has 2 unspecified atom stereocenters. The molecule has 0 radical (unpaired) electrons. The van der Waals surface area contributed by atoms with Crippen LogP contribution in [-0.2, 0) is 19.0 Å². The predicted octanol–water partition coefficient (Wildman–Crippen LogP) is 6.63. The first-order valence-electron chi connectivity index (χ1n) is 16.7. The lowest BCUT2D eigenvalue weighted by Crippen LogP contribution is -2.44. The molecule has 12 nitrogen and oxygen atoms in total. The zero-order valence-corrected chi connectivity index (χ0v) is 29.3. The second-order valence-electron chi connectivity index (χ2n) is 13.3. The van der Waals surface area contributed by atoms with Crippen molar-refractivity contribution in [3.8, 4) is 11.1 Å². The summed E-state index contributed by atoms with van der Waals surface area (Å²) in [5, 5.41) is 10.6. The van der Waals surface area contributed by atoms with Crippen LogP contribution in [0.1, 0.15) is 81.5 Å². The van der Waals surface area contributed by atoms with Crippen molar-refractivity contribution in [3.05, 3.63) is 70.7 Å². The highest BCUT2D eigenvalue weighted by molar-refractivity contribution is 7.14. The molecule has 262 valence electrons. The van der Waals surface area contributed by atoms with E-state index in [0.29, 0.717) is 44.0 Å². The van der Waals surface area contributed by atoms with Gasteiger partial charge in [-0.05, 0) is 75.1 Å². The Labute approximate surface area is 290 Å². The minimum absolute atomic E-state index is 0.0296. The van der Waals surface area contributed by atoms with Crippen LogP contribution < -0.4 is 16.0 Å². The number of hydrogen-bond acceptors (Lipinski definition) is 9. The van der Waals surface area contributed by atoms with Gasteiger partial charge in [-0.15, -0.1) is 11.3 Å². The molecular weight excluding hydrogens is 646 g/mol. The van der Waals surface area contributed by atoms with E-state index in [-0.39, 0.29) is 24.5 Å². The maximum atomic E-state index is 13.6. The Bertz CT molecular complexity index is 1590. The van der Waals surface area contributed by atoms with Crippen molar-refractivity contribution in [1.82, 2.24) is 20.5 Å². The van der Waals surface area contributed by atoms with Gasteiger partial charge in [-0.1, -0.05) is 48.5 Å². The highest BCUT2D eigenvalue weighted by Gasteiger charge is 2.31. The number of hydrogen-bond donors (Lipinski definition) is 3. The third kappa shape index (κ3) is 9.50. The number of carbonyl (C=O) groups is 4. The number of nitrogens with one attached hydrogen (secondary N) is 3. The van der Waals surface area contributed by atoms with Crippen molar-refractivity contribution in [1.29, 1.82) is 0 Å². The minimum Gasteiger partial charge on any atom is -0.453 e. The average Bonchev–Trinajstić information content (AvgIpc) is 3.68. The largest absolute Gasteiger partial charge is 0.453 e. The van der Waals surface area contributed by atoms with Gasteiger partial charge in [0.05, 0.1) is 12.8 Å². The lowest BCUT2D eigenvalue weighted by molar-refractivity contribution is -0.118. The SMILES string of the molecule is COC(=O)N1CCCC(c2csc(NC(=O)C(CCCCNC(=O)OC(C)(C)C)NC(=O)OCC3c4ccccc4-c4ccccc43)n2)C1. The van der Waals surface area contributed by atoms with Crippen LogP contribution in [-0.4, -0.2) is 79.1 Å². The number of benzene rings is 2. The fraction of sp³-hybridized carbons (Fsp3) is 0.472. The molecule has 0 saturated carbocycles. The summed E-state index contributed by atoms with van der Waals surface area (Å²) in [6.07, 6.45) is 1.53. The molecule has 0 bridgehead atoms. The van der Waals surface area contributed by atoms with E-state index in [2.05, 4.69) is 33.1 Å². The monoisotopic (exact) mass is 691 g/mol. The molecular formula is C36H45N5O7S. The standard InChI is InChI=1S/C36H45N5O7S/c1-36(2,3)48-33(43)37-18-10-9-17-29(31(42)40-32-38-30(22-49-32)23-12-11-19-41(20-23)35(45)46-4)39-34(44)47-21-28-26-15-7-5-13-24(26)25-14-6-8-16-27(25)28/h5-8,13-16,22-23,28-29H,9-12,17-21H2,1-4H3,(H,37,43)(H,39,44)(H,38,40,42). The summed E-state index contributed by atoms with van der Waals surface area (Å²) in [7, 11) is 1.37. The Balaban J connectivity index is 1.20. The lowest BCUT2D eigenvalue weighted by Gasteiger charge is -2.30. The highest BCUT2D eigenvalue weighted by atomic mass is 32.1. The number of ether oxygens (including phenoxy) is 3. The van der Waals surface area contributed by atoms with E-state index in [1.165, 1.54) is 18.4 Å². The van der Waals surface area contributed by atoms with Crippen molar-refractivity contribution in [3.63, 3.8) is 0 Å². The van der Waals surface area contributed by atoms with Crippen molar-refractivity contribution in [2.75, 3.05) is 38.7 Å². The first-order chi connectivity index (χ1) is 23.5. The molecule has 3 aromatic rings. The van der Waals surface area contributed by atoms with E-state index in [0.717, 1.165) is 40.8 Å². The van der Waals surface area contributed by atoms with Crippen LogP contribution in [0.15, 0.2) is 53.9 Å². The summed E-state index contributed by atoms with van der Waals surface area (Å²) in [4.78, 5) is 57.1. The molecule has 13 heteroatoms. The summed E-state index contributed by atoms with van der Waals surface area (Å²) in [5.41, 5.74) is 4.62. The number of rotatable bonds is 11. The van der Waals surface area contributed by atoms with Gasteiger partial charge in [0.2, 0.25) is 5.91 Å². The van der Waals surface area contributed by atoms with Crippen LogP contribution in [0.5, 0.6) is 0 Å². The maximum Gasteiger partial charge on any atom is 0.409 e. The number of likely N-dealkylation sites (tertiary alicyclic amines) is 1. The Morgan fingerprint density at radius 1 is 1.00 bits per heavy atom. The third-order valence-electron chi connectivity index (χ3n) is 8.56. The van der Waals surface area contributed by atoms with E-state index in [1.54, 1.807) is 25.7 Å². The fourth-order valence-corrected chi connectivity index (χ4v) is 7.06. The number of amides is 4. The van der Waals surface area contributed by atoms with Gasteiger partial charge in [-0.25, -0.2) is 19.4 Å². The first-order valence-corrected chi connectivity index (χ1v) is 17.6. The molecule has 5 rings (SSSR count). The summed E-state index contributed by atoms with van der Waals surface area (Å²) in [6.45, 7) is 6.98. The average molecular weight is 692 g/mol. The van der Waals surface area contributed by atoms with Gasteiger partial charge in [0.25, 0.3) is 0 Å². The van der Waals surface area contributed by atoms with Crippen LogP contribution in [0.2, 0.25) is 0 Å². The Kier molecular flexibility index (Phi) is 11.8. The van der Waals surface area contributed by atoms with Gasteiger partial charge in [0.1, 0.15) is 18.2 Å². The first kappa shape index (κ1) is 35.7. The molecule has 1 aromatic heterocycles. The maximum absolute atomic E-state index is 13.6. The lowest BCUT2D eigenvalue weighted by atomic mass is 9.96. The number of anilines is 1. The second kappa shape index (κ2) is 16.2. The van der Waals surface area contributed by atoms with Crippen molar-refractivity contribution >= 4 is 40.7 Å². The van der Waals surface area contributed by atoms with Gasteiger partial charge in [-0.2, -0.15) is 0 Å². The number of methoxy groups -OCH3 is 1. The van der Waals surface area contributed by atoms with Crippen molar-refractivity contribution < 1.29 is 33.4 Å². The molecule has 1 fully saturated rings. The number of nitrogens with zero attached hydrogens (tertiary/aromatic N) is 2. The van der Waals surface area contributed by atoms with Gasteiger partial charge < -0.3 is 35.1 Å². The number of thiazole rings is 1. The quantitative estimate of drug-likeness (QED) is 0.150. The van der Waals surface area contributed by atoms with E-state index in [1.807, 2.05) is 41.8 Å². The number of piperidine rings is 1. The van der Waals surface area contributed by atoms with Gasteiger partial charge in [0, 0.05) is 36.9 Å². The summed E-state index contributed by atoms with van der Waals surface area (Å²) >= 11 is 1.29. The molecule has 2 aromatic carbocycles. The molecule has 1 aliphatic heterocycles. The number of alkyl carbamates (subject to hydrolysis) is 2. The number of fused-ring (bicyclic) bond motifs is 3. The molecule has 1 saturated heterocycles. The summed E-state index contributed by atoms with van der Waals surface area (Å²) in [6, 6.07) is 15.3. The third-order valence-corrected chi connectivity index (χ3v) is 9.34. The molecule has 1 aliphatic carbocycles. The molecule has 2 atom stereocenters. The molecule has 4 amide bonds. The van der Waals surface area contributed by atoms with Crippen LogP contribution in [0.4, 0.5) is 19.5 Å². The normalized spacial score (nSPS) is 16.2. The Hall–Kier alpha value is -4.65.